The molecule has 0 bridgehead atoms. The van der Waals surface area contributed by atoms with Gasteiger partial charge in [-0.2, -0.15) is 0 Å². The molecule has 2 aromatic heterocycles. The van der Waals surface area contributed by atoms with Crippen LogP contribution in [0.15, 0.2) is 138 Å². The molecule has 2 heterocycles. The fourth-order valence-corrected chi connectivity index (χ4v) is 8.18. The van der Waals surface area contributed by atoms with Gasteiger partial charge in [0.25, 0.3) is 0 Å². The standard InChI is InChI=1S/C37H26N2S2/c38-31-19-21-35-36(30-22-26(16-20-34(30)41-35)25-8-2-1-3-9-25)37(31)40-23-24-14-17-27(18-15-24)39-32-12-6-4-10-28(32)29-11-5-7-13-33(29)39/h1-22H,23,38H2. The Labute approximate surface area is 246 Å². The SMILES string of the molecule is Nc1ccc2sc3ccc(-c4ccccc4)cc3c2c1SCc1ccc(-n2c3ccccc3c3ccccc32)cc1. The first kappa shape index (κ1) is 24.3. The molecule has 0 aliphatic heterocycles. The van der Waals surface area contributed by atoms with Gasteiger partial charge in [-0.1, -0.05) is 84.9 Å². The van der Waals surface area contributed by atoms with Crippen molar-refractivity contribution in [2.75, 3.05) is 5.73 Å². The molecule has 0 atom stereocenters. The van der Waals surface area contributed by atoms with Gasteiger partial charge in [0.05, 0.1) is 11.0 Å². The van der Waals surface area contributed by atoms with Gasteiger partial charge >= 0.3 is 0 Å². The number of hydrogen-bond acceptors (Lipinski definition) is 3. The van der Waals surface area contributed by atoms with Gasteiger partial charge < -0.3 is 10.3 Å². The Kier molecular flexibility index (Phi) is 5.83. The molecule has 0 aliphatic rings. The summed E-state index contributed by atoms with van der Waals surface area (Å²) < 4.78 is 4.94. The van der Waals surface area contributed by atoms with Crippen molar-refractivity contribution in [1.82, 2.24) is 4.57 Å². The fourth-order valence-electron chi connectivity index (χ4n) is 5.92. The van der Waals surface area contributed by atoms with Crippen molar-refractivity contribution in [3.05, 3.63) is 139 Å². The van der Waals surface area contributed by atoms with Crippen LogP contribution >= 0.6 is 23.1 Å². The maximum Gasteiger partial charge on any atom is 0.0541 e. The maximum atomic E-state index is 6.62. The molecule has 0 saturated heterocycles. The van der Waals surface area contributed by atoms with Crippen LogP contribution in [0.4, 0.5) is 5.69 Å². The fraction of sp³-hybridized carbons (Fsp3) is 0.0270. The van der Waals surface area contributed by atoms with Crippen molar-refractivity contribution < 1.29 is 0 Å². The molecule has 0 amide bonds. The summed E-state index contributed by atoms with van der Waals surface area (Å²) in [6, 6.07) is 47.9. The molecule has 196 valence electrons. The second-order valence-electron chi connectivity index (χ2n) is 10.4. The van der Waals surface area contributed by atoms with Crippen molar-refractivity contribution in [3.63, 3.8) is 0 Å². The summed E-state index contributed by atoms with van der Waals surface area (Å²) >= 11 is 3.67. The zero-order chi connectivity index (χ0) is 27.3. The van der Waals surface area contributed by atoms with Crippen LogP contribution in [-0.2, 0) is 5.75 Å². The Morgan fingerprint density at radius 2 is 1.24 bits per heavy atom. The number of thioether (sulfide) groups is 1. The first-order chi connectivity index (χ1) is 20.2. The van der Waals surface area contributed by atoms with Crippen molar-refractivity contribution in [2.45, 2.75) is 10.6 Å². The molecule has 41 heavy (non-hydrogen) atoms. The Bertz CT molecular complexity index is 2150. The van der Waals surface area contributed by atoms with Gasteiger partial charge in [0, 0.05) is 53.0 Å². The lowest BCUT2D eigenvalue weighted by atomic mass is 10.0. The quantitative estimate of drug-likeness (QED) is 0.167. The number of nitrogens with two attached hydrogens (primary N) is 1. The summed E-state index contributed by atoms with van der Waals surface area (Å²) in [6.07, 6.45) is 0. The molecule has 2 N–H and O–H groups in total. The monoisotopic (exact) mass is 562 g/mol. The summed E-state index contributed by atoms with van der Waals surface area (Å²) in [4.78, 5) is 1.17. The highest BCUT2D eigenvalue weighted by Gasteiger charge is 2.15. The van der Waals surface area contributed by atoms with E-state index in [0.29, 0.717) is 0 Å². The van der Waals surface area contributed by atoms with Crippen molar-refractivity contribution in [1.29, 1.82) is 0 Å². The zero-order valence-corrected chi connectivity index (χ0v) is 23.9. The minimum atomic E-state index is 0.842. The third-order valence-corrected chi connectivity index (χ3v) is 10.2. The molecule has 0 unspecified atom stereocenters. The van der Waals surface area contributed by atoms with Crippen molar-refractivity contribution in [2.24, 2.45) is 0 Å². The van der Waals surface area contributed by atoms with E-state index in [0.717, 1.165) is 11.4 Å². The number of aromatic nitrogens is 1. The lowest BCUT2D eigenvalue weighted by Gasteiger charge is -2.11. The number of anilines is 1. The van der Waals surface area contributed by atoms with E-state index in [4.69, 9.17) is 5.73 Å². The molecule has 0 saturated carbocycles. The average molecular weight is 563 g/mol. The van der Waals surface area contributed by atoms with Gasteiger partial charge in [0.1, 0.15) is 0 Å². The number of nitrogen functional groups attached to an aromatic ring is 1. The van der Waals surface area contributed by atoms with Gasteiger partial charge in [-0.3, -0.25) is 0 Å². The van der Waals surface area contributed by atoms with E-state index in [1.807, 2.05) is 23.1 Å². The molecule has 6 aromatic carbocycles. The van der Waals surface area contributed by atoms with E-state index in [9.17, 15) is 0 Å². The topological polar surface area (TPSA) is 30.9 Å². The summed E-state index contributed by atoms with van der Waals surface area (Å²) in [5, 5.41) is 5.12. The number of thiophene rings is 1. The highest BCUT2D eigenvalue weighted by Crippen LogP contribution is 2.44. The van der Waals surface area contributed by atoms with E-state index in [1.165, 1.54) is 69.3 Å². The Hall–Kier alpha value is -4.51. The van der Waals surface area contributed by atoms with Crippen LogP contribution in [0.3, 0.4) is 0 Å². The van der Waals surface area contributed by atoms with Crippen molar-refractivity contribution >= 4 is 70.8 Å². The summed E-state index contributed by atoms with van der Waals surface area (Å²) in [6.45, 7) is 0. The molecule has 8 rings (SSSR count). The highest BCUT2D eigenvalue weighted by atomic mass is 32.2. The normalized spacial score (nSPS) is 11.7. The van der Waals surface area contributed by atoms with Crippen LogP contribution in [0, 0.1) is 0 Å². The number of nitrogens with zero attached hydrogens (tertiary/aromatic N) is 1. The molecule has 0 fully saturated rings. The van der Waals surface area contributed by atoms with E-state index in [-0.39, 0.29) is 0 Å². The lowest BCUT2D eigenvalue weighted by Crippen LogP contribution is -1.94. The molecule has 2 nitrogen and oxygen atoms in total. The number of rotatable bonds is 5. The van der Waals surface area contributed by atoms with Crippen LogP contribution in [-0.4, -0.2) is 4.57 Å². The van der Waals surface area contributed by atoms with Gasteiger partial charge in [-0.25, -0.2) is 0 Å². The number of para-hydroxylation sites is 2. The Balaban J connectivity index is 1.15. The minimum Gasteiger partial charge on any atom is -0.398 e. The van der Waals surface area contributed by atoms with Crippen LogP contribution in [0.1, 0.15) is 5.56 Å². The first-order valence-electron chi connectivity index (χ1n) is 13.7. The van der Waals surface area contributed by atoms with Crippen LogP contribution in [0.5, 0.6) is 0 Å². The predicted molar refractivity (Wildman–Crippen MR) is 180 cm³/mol. The number of benzene rings is 6. The molecule has 4 heteroatoms. The van der Waals surface area contributed by atoms with Crippen LogP contribution in [0.2, 0.25) is 0 Å². The average Bonchev–Trinajstić information content (AvgIpc) is 3.57. The lowest BCUT2D eigenvalue weighted by molar-refractivity contribution is 1.17. The van der Waals surface area contributed by atoms with Gasteiger partial charge in [-0.05, 0) is 65.2 Å². The Morgan fingerprint density at radius 1 is 0.585 bits per heavy atom. The highest BCUT2D eigenvalue weighted by molar-refractivity contribution is 7.99. The van der Waals surface area contributed by atoms with E-state index < -0.39 is 0 Å². The second kappa shape index (κ2) is 9.84. The predicted octanol–water partition coefficient (Wildman–Crippen LogP) is 10.7. The summed E-state index contributed by atoms with van der Waals surface area (Å²) in [5.41, 5.74) is 14.8. The molecule has 8 aromatic rings. The minimum absolute atomic E-state index is 0.842. The van der Waals surface area contributed by atoms with Gasteiger partial charge in [0.2, 0.25) is 0 Å². The Morgan fingerprint density at radius 3 is 1.98 bits per heavy atom. The first-order valence-corrected chi connectivity index (χ1v) is 15.6. The van der Waals surface area contributed by atoms with Gasteiger partial charge in [-0.15, -0.1) is 23.1 Å². The maximum absolute atomic E-state index is 6.62. The van der Waals surface area contributed by atoms with E-state index in [1.54, 1.807) is 0 Å². The molecule has 0 aliphatic carbocycles. The van der Waals surface area contributed by atoms with E-state index >= 15 is 0 Å². The van der Waals surface area contributed by atoms with Crippen LogP contribution < -0.4 is 5.73 Å². The smallest absolute Gasteiger partial charge is 0.0541 e. The zero-order valence-electron chi connectivity index (χ0n) is 22.2. The number of fused-ring (bicyclic) bond motifs is 6. The number of hydrogen-bond donors (Lipinski definition) is 1. The third kappa shape index (κ3) is 4.10. The molecular weight excluding hydrogens is 537 g/mol. The largest absolute Gasteiger partial charge is 0.398 e. The molecule has 0 radical (unpaired) electrons. The second-order valence-corrected chi connectivity index (χ2v) is 12.4. The molecular formula is C37H26N2S2. The van der Waals surface area contributed by atoms with E-state index in [2.05, 4.69) is 138 Å². The van der Waals surface area contributed by atoms with Crippen LogP contribution in [0.25, 0.3) is 58.8 Å². The third-order valence-electron chi connectivity index (χ3n) is 7.88. The molecule has 0 spiro atoms. The summed E-state index contributed by atoms with van der Waals surface area (Å²) in [5.74, 6) is 0.854. The van der Waals surface area contributed by atoms with Gasteiger partial charge in [0.15, 0.2) is 0 Å². The van der Waals surface area contributed by atoms with Crippen molar-refractivity contribution in [3.8, 4) is 16.8 Å². The summed E-state index contributed by atoms with van der Waals surface area (Å²) in [7, 11) is 0.